The van der Waals surface area contributed by atoms with Crippen molar-refractivity contribution in [3.63, 3.8) is 0 Å². The highest BCUT2D eigenvalue weighted by molar-refractivity contribution is 6.35. The molecule has 0 bridgehead atoms. The summed E-state index contributed by atoms with van der Waals surface area (Å²) in [6.07, 6.45) is 5.27. The zero-order valence-corrected chi connectivity index (χ0v) is 14.0. The molecule has 3 aromatic rings. The van der Waals surface area contributed by atoms with E-state index in [1.165, 1.54) is 0 Å². The quantitative estimate of drug-likeness (QED) is 0.731. The molecule has 0 unspecified atom stereocenters. The van der Waals surface area contributed by atoms with Crippen LogP contribution in [0.15, 0.2) is 59.2 Å². The van der Waals surface area contributed by atoms with Crippen molar-refractivity contribution in [2.75, 3.05) is 13.2 Å². The van der Waals surface area contributed by atoms with Gasteiger partial charge in [0.05, 0.1) is 35.0 Å². The van der Waals surface area contributed by atoms with E-state index < -0.39 is 0 Å². The van der Waals surface area contributed by atoms with Crippen LogP contribution in [0.25, 0.3) is 22.4 Å². The fourth-order valence-corrected chi connectivity index (χ4v) is 3.28. The summed E-state index contributed by atoms with van der Waals surface area (Å²) in [7, 11) is 0. The first-order valence-electron chi connectivity index (χ1n) is 7.90. The highest BCUT2D eigenvalue weighted by Crippen LogP contribution is 2.30. The lowest BCUT2D eigenvalue weighted by molar-refractivity contribution is 0.0702. The van der Waals surface area contributed by atoms with Crippen molar-refractivity contribution in [1.29, 1.82) is 0 Å². The molecule has 5 nitrogen and oxygen atoms in total. The van der Waals surface area contributed by atoms with E-state index in [-0.39, 0.29) is 18.6 Å². The fraction of sp³-hybridized carbons (Fsp3) is 0.158. The summed E-state index contributed by atoms with van der Waals surface area (Å²) in [6, 6.07) is 10.3. The monoisotopic (exact) mass is 354 g/mol. The highest BCUT2D eigenvalue weighted by atomic mass is 35.5. The van der Waals surface area contributed by atoms with Crippen LogP contribution in [0.3, 0.4) is 0 Å². The maximum atomic E-state index is 13.1. The number of pyridine rings is 1. The number of aliphatic hydroxyl groups is 1. The summed E-state index contributed by atoms with van der Waals surface area (Å²) in [5.41, 5.74) is 1.58. The van der Waals surface area contributed by atoms with E-state index >= 15 is 0 Å². The Balaban J connectivity index is 1.90. The maximum absolute atomic E-state index is 13.1. The lowest BCUT2D eigenvalue weighted by Crippen LogP contribution is -2.38. The number of carbonyl (C=O) groups is 1. The maximum Gasteiger partial charge on any atom is 0.255 e. The molecule has 0 saturated carbocycles. The van der Waals surface area contributed by atoms with Crippen molar-refractivity contribution in [2.24, 2.45) is 0 Å². The van der Waals surface area contributed by atoms with Crippen LogP contribution in [-0.2, 0) is 0 Å². The number of aromatic nitrogens is 1. The van der Waals surface area contributed by atoms with E-state index in [2.05, 4.69) is 4.98 Å². The standard InChI is InChI=1S/C19H15ClN2O3/c20-15-6-1-5-13-14(19(24)22-8-2-4-12(22)11-23)10-16(21-18(13)15)17-7-3-9-25-17/h1-7,9-10,12,23H,8,11H2/t12-/m0/s1. The number of hydrogen-bond acceptors (Lipinski definition) is 4. The summed E-state index contributed by atoms with van der Waals surface area (Å²) < 4.78 is 5.43. The van der Waals surface area contributed by atoms with Gasteiger partial charge in [0.25, 0.3) is 5.91 Å². The molecule has 0 spiro atoms. The molecule has 0 radical (unpaired) electrons. The summed E-state index contributed by atoms with van der Waals surface area (Å²) >= 11 is 6.31. The molecule has 126 valence electrons. The largest absolute Gasteiger partial charge is 0.463 e. The van der Waals surface area contributed by atoms with Crippen molar-refractivity contribution in [3.05, 3.63) is 65.4 Å². The smallest absolute Gasteiger partial charge is 0.255 e. The Morgan fingerprint density at radius 2 is 2.24 bits per heavy atom. The van der Waals surface area contributed by atoms with E-state index in [9.17, 15) is 9.90 Å². The third-order valence-electron chi connectivity index (χ3n) is 4.30. The minimum atomic E-state index is -0.318. The van der Waals surface area contributed by atoms with Crippen LogP contribution in [0.5, 0.6) is 0 Å². The van der Waals surface area contributed by atoms with E-state index in [1.54, 1.807) is 41.5 Å². The van der Waals surface area contributed by atoms with Crippen molar-refractivity contribution in [3.8, 4) is 11.5 Å². The normalized spacial score (nSPS) is 16.7. The Bertz CT molecular complexity index is 966. The van der Waals surface area contributed by atoms with Crippen LogP contribution < -0.4 is 0 Å². The Morgan fingerprint density at radius 1 is 1.36 bits per heavy atom. The van der Waals surface area contributed by atoms with Crippen LogP contribution in [0.4, 0.5) is 0 Å². The van der Waals surface area contributed by atoms with Gasteiger partial charge in [-0.3, -0.25) is 4.79 Å². The predicted octanol–water partition coefficient (Wildman–Crippen LogP) is 3.52. The molecule has 1 aliphatic heterocycles. The number of carbonyl (C=O) groups excluding carboxylic acids is 1. The minimum Gasteiger partial charge on any atom is -0.463 e. The number of amides is 1. The van der Waals surface area contributed by atoms with Crippen molar-refractivity contribution >= 4 is 28.4 Å². The molecule has 1 amide bonds. The van der Waals surface area contributed by atoms with Gasteiger partial charge in [-0.15, -0.1) is 0 Å². The minimum absolute atomic E-state index is 0.114. The third-order valence-corrected chi connectivity index (χ3v) is 4.61. The molecular formula is C19H15ClN2O3. The van der Waals surface area contributed by atoms with Crippen LogP contribution in [0, 0.1) is 0 Å². The summed E-state index contributed by atoms with van der Waals surface area (Å²) in [5.74, 6) is 0.389. The van der Waals surface area contributed by atoms with E-state index in [1.807, 2.05) is 18.2 Å². The number of aliphatic hydroxyl groups excluding tert-OH is 1. The number of furan rings is 1. The number of benzene rings is 1. The molecular weight excluding hydrogens is 340 g/mol. The summed E-state index contributed by atoms with van der Waals surface area (Å²) in [6.45, 7) is 0.349. The number of rotatable bonds is 3. The fourth-order valence-electron chi connectivity index (χ4n) is 3.06. The van der Waals surface area contributed by atoms with Gasteiger partial charge in [-0.2, -0.15) is 0 Å². The van der Waals surface area contributed by atoms with Gasteiger partial charge < -0.3 is 14.4 Å². The molecule has 1 atom stereocenters. The van der Waals surface area contributed by atoms with Gasteiger partial charge in [-0.05, 0) is 24.3 Å². The molecule has 6 heteroatoms. The van der Waals surface area contributed by atoms with Gasteiger partial charge in [-0.25, -0.2) is 4.98 Å². The Labute approximate surface area is 149 Å². The van der Waals surface area contributed by atoms with Gasteiger partial charge >= 0.3 is 0 Å². The SMILES string of the molecule is O=C(c1cc(-c2ccco2)nc2c(Cl)cccc12)N1CC=C[C@H]1CO. The lowest BCUT2D eigenvalue weighted by Gasteiger charge is -2.24. The second kappa shape index (κ2) is 6.35. The third kappa shape index (κ3) is 2.71. The first kappa shape index (κ1) is 15.9. The van der Waals surface area contributed by atoms with Gasteiger partial charge in [-0.1, -0.05) is 35.9 Å². The second-order valence-electron chi connectivity index (χ2n) is 5.80. The van der Waals surface area contributed by atoms with Crippen LogP contribution in [0.2, 0.25) is 5.02 Å². The van der Waals surface area contributed by atoms with Gasteiger partial charge in [0, 0.05) is 11.9 Å². The zero-order valence-electron chi connectivity index (χ0n) is 13.2. The topological polar surface area (TPSA) is 66.6 Å². The highest BCUT2D eigenvalue weighted by Gasteiger charge is 2.27. The van der Waals surface area contributed by atoms with E-state index in [0.717, 1.165) is 0 Å². The average Bonchev–Trinajstić information content (AvgIpc) is 3.32. The zero-order chi connectivity index (χ0) is 17.4. The average molecular weight is 355 g/mol. The second-order valence-corrected chi connectivity index (χ2v) is 6.21. The van der Waals surface area contributed by atoms with Crippen molar-refractivity contribution in [1.82, 2.24) is 9.88 Å². The van der Waals surface area contributed by atoms with Crippen LogP contribution in [0.1, 0.15) is 10.4 Å². The van der Waals surface area contributed by atoms with Gasteiger partial charge in [0.2, 0.25) is 0 Å². The number of fused-ring (bicyclic) bond motifs is 1. The molecule has 1 aromatic carbocycles. The Kier molecular flexibility index (Phi) is 4.03. The van der Waals surface area contributed by atoms with Crippen molar-refractivity contribution < 1.29 is 14.3 Å². The molecule has 2 aromatic heterocycles. The first-order chi connectivity index (χ1) is 12.2. The van der Waals surface area contributed by atoms with E-state index in [0.29, 0.717) is 39.5 Å². The lowest BCUT2D eigenvalue weighted by atomic mass is 10.0. The van der Waals surface area contributed by atoms with Crippen molar-refractivity contribution in [2.45, 2.75) is 6.04 Å². The van der Waals surface area contributed by atoms with Gasteiger partial charge in [0.1, 0.15) is 5.69 Å². The molecule has 4 rings (SSSR count). The Morgan fingerprint density at radius 3 is 3.00 bits per heavy atom. The number of hydrogen-bond donors (Lipinski definition) is 1. The Hall–Kier alpha value is -2.63. The molecule has 0 fully saturated rings. The van der Waals surface area contributed by atoms with Gasteiger partial charge in [0.15, 0.2) is 5.76 Å². The van der Waals surface area contributed by atoms with Crippen LogP contribution >= 0.6 is 11.6 Å². The molecule has 25 heavy (non-hydrogen) atoms. The van der Waals surface area contributed by atoms with E-state index in [4.69, 9.17) is 16.0 Å². The number of para-hydroxylation sites is 1. The molecule has 1 N–H and O–H groups in total. The summed E-state index contributed by atoms with van der Waals surface area (Å²) in [4.78, 5) is 19.3. The number of halogens is 1. The summed E-state index contributed by atoms with van der Waals surface area (Å²) in [5, 5.41) is 10.6. The number of nitrogens with zero attached hydrogens (tertiary/aromatic N) is 2. The predicted molar refractivity (Wildman–Crippen MR) is 95.5 cm³/mol. The molecule has 3 heterocycles. The first-order valence-corrected chi connectivity index (χ1v) is 8.28. The molecule has 1 aliphatic rings. The van der Waals surface area contributed by atoms with Crippen LogP contribution in [-0.4, -0.2) is 40.1 Å². The molecule has 0 aliphatic carbocycles. The molecule has 0 saturated heterocycles.